The lowest BCUT2D eigenvalue weighted by molar-refractivity contribution is -0.116. The first-order chi connectivity index (χ1) is 12.2. The van der Waals surface area contributed by atoms with E-state index in [9.17, 15) is 4.79 Å². The maximum Gasteiger partial charge on any atom is 0.244 e. The van der Waals surface area contributed by atoms with Gasteiger partial charge in [-0.25, -0.2) is 0 Å². The van der Waals surface area contributed by atoms with Crippen LogP contribution >= 0.6 is 0 Å². The molecular weight excluding hydrogens is 318 g/mol. The first-order valence-electron chi connectivity index (χ1n) is 8.32. The van der Waals surface area contributed by atoms with E-state index < -0.39 is 0 Å². The third-order valence-electron chi connectivity index (χ3n) is 3.83. The van der Waals surface area contributed by atoms with Crippen molar-refractivity contribution in [1.29, 1.82) is 0 Å². The summed E-state index contributed by atoms with van der Waals surface area (Å²) in [5, 5.41) is 2.79. The van der Waals surface area contributed by atoms with E-state index in [4.69, 9.17) is 14.2 Å². The van der Waals surface area contributed by atoms with Crippen molar-refractivity contribution in [3.05, 3.63) is 59.7 Å². The van der Waals surface area contributed by atoms with Gasteiger partial charge in [-0.15, -0.1) is 0 Å². The molecule has 0 fully saturated rings. The van der Waals surface area contributed by atoms with Crippen LogP contribution in [0.2, 0.25) is 0 Å². The monoisotopic (exact) mass is 339 g/mol. The number of hydrogen-bond donors (Lipinski definition) is 1. The number of carbonyl (C=O) groups excluding carboxylic acids is 1. The van der Waals surface area contributed by atoms with Crippen LogP contribution < -0.4 is 19.5 Å². The van der Waals surface area contributed by atoms with Gasteiger partial charge in [-0.05, 0) is 47.9 Å². The fourth-order valence-corrected chi connectivity index (χ4v) is 2.41. The smallest absolute Gasteiger partial charge is 0.244 e. The molecule has 5 nitrogen and oxygen atoms in total. The Labute approximate surface area is 147 Å². The lowest BCUT2D eigenvalue weighted by Crippen LogP contribution is -2.26. The predicted octanol–water partition coefficient (Wildman–Crippen LogP) is 3.19. The molecule has 0 saturated heterocycles. The van der Waals surface area contributed by atoms with Crippen LogP contribution in [0.4, 0.5) is 0 Å². The second-order valence-corrected chi connectivity index (χ2v) is 5.58. The van der Waals surface area contributed by atoms with Gasteiger partial charge in [-0.2, -0.15) is 0 Å². The number of rotatable bonds is 7. The van der Waals surface area contributed by atoms with Crippen molar-refractivity contribution >= 4 is 12.0 Å². The minimum atomic E-state index is -0.164. The molecule has 1 amide bonds. The molecule has 25 heavy (non-hydrogen) atoms. The highest BCUT2D eigenvalue weighted by Gasteiger charge is 2.12. The maximum absolute atomic E-state index is 11.8. The van der Waals surface area contributed by atoms with Crippen molar-refractivity contribution in [1.82, 2.24) is 5.32 Å². The minimum Gasteiger partial charge on any atom is -0.492 e. The molecule has 0 atom stereocenters. The second-order valence-electron chi connectivity index (χ2n) is 5.58. The largest absolute Gasteiger partial charge is 0.492 e. The van der Waals surface area contributed by atoms with Crippen LogP contribution in [0.25, 0.3) is 6.08 Å². The molecule has 0 aromatic heterocycles. The van der Waals surface area contributed by atoms with Gasteiger partial charge in [-0.1, -0.05) is 25.1 Å². The van der Waals surface area contributed by atoms with E-state index in [1.165, 1.54) is 11.6 Å². The van der Waals surface area contributed by atoms with Gasteiger partial charge in [0.1, 0.15) is 12.4 Å². The Morgan fingerprint density at radius 3 is 2.76 bits per heavy atom. The average Bonchev–Trinajstić information content (AvgIpc) is 3.12. The van der Waals surface area contributed by atoms with Crippen molar-refractivity contribution in [2.75, 3.05) is 19.9 Å². The summed E-state index contributed by atoms with van der Waals surface area (Å²) in [5.41, 5.74) is 2.15. The van der Waals surface area contributed by atoms with E-state index in [1.54, 1.807) is 6.08 Å². The first-order valence-corrected chi connectivity index (χ1v) is 8.32. The molecule has 1 N–H and O–H groups in total. The van der Waals surface area contributed by atoms with Gasteiger partial charge >= 0.3 is 0 Å². The molecule has 130 valence electrons. The molecule has 3 rings (SSSR count). The highest BCUT2D eigenvalue weighted by atomic mass is 16.7. The van der Waals surface area contributed by atoms with E-state index in [-0.39, 0.29) is 12.7 Å². The zero-order valence-electron chi connectivity index (χ0n) is 14.2. The van der Waals surface area contributed by atoms with E-state index in [1.807, 2.05) is 42.5 Å². The van der Waals surface area contributed by atoms with Gasteiger partial charge in [0, 0.05) is 6.08 Å². The second kappa shape index (κ2) is 8.24. The Bertz CT molecular complexity index is 753. The van der Waals surface area contributed by atoms with E-state index in [2.05, 4.69) is 12.2 Å². The predicted molar refractivity (Wildman–Crippen MR) is 95.9 cm³/mol. The van der Waals surface area contributed by atoms with Gasteiger partial charge in [0.2, 0.25) is 12.7 Å². The molecule has 0 spiro atoms. The summed E-state index contributed by atoms with van der Waals surface area (Å²) >= 11 is 0. The zero-order valence-corrected chi connectivity index (χ0v) is 14.2. The van der Waals surface area contributed by atoms with Gasteiger partial charge in [0.25, 0.3) is 0 Å². The topological polar surface area (TPSA) is 56.8 Å². The van der Waals surface area contributed by atoms with Crippen LogP contribution in [0.15, 0.2) is 48.5 Å². The number of ether oxygens (including phenoxy) is 3. The number of benzene rings is 2. The van der Waals surface area contributed by atoms with Crippen molar-refractivity contribution in [2.24, 2.45) is 0 Å². The number of amides is 1. The third kappa shape index (κ3) is 4.76. The molecule has 1 aliphatic heterocycles. The van der Waals surface area contributed by atoms with Gasteiger partial charge in [0.05, 0.1) is 6.54 Å². The molecule has 0 unspecified atom stereocenters. The molecule has 1 heterocycles. The summed E-state index contributed by atoms with van der Waals surface area (Å²) in [6.45, 7) is 3.22. The van der Waals surface area contributed by atoms with Gasteiger partial charge < -0.3 is 19.5 Å². The highest BCUT2D eigenvalue weighted by Crippen LogP contribution is 2.32. The van der Waals surface area contributed by atoms with Gasteiger partial charge in [0.15, 0.2) is 11.5 Å². The van der Waals surface area contributed by atoms with Crippen LogP contribution in [0, 0.1) is 0 Å². The van der Waals surface area contributed by atoms with Crippen molar-refractivity contribution in [3.63, 3.8) is 0 Å². The molecule has 0 bridgehead atoms. The molecule has 0 aliphatic carbocycles. The lowest BCUT2D eigenvalue weighted by Gasteiger charge is -2.07. The standard InChI is InChI=1S/C20H21NO4/c1-2-15-3-7-17(8-4-15)23-12-11-21-20(22)10-6-16-5-9-18-19(13-16)25-14-24-18/h3-10,13H,2,11-12,14H2,1H3,(H,21,22)/b10-6+. The molecule has 0 saturated carbocycles. The summed E-state index contributed by atoms with van der Waals surface area (Å²) in [4.78, 5) is 11.8. The molecule has 0 radical (unpaired) electrons. The van der Waals surface area contributed by atoms with Crippen LogP contribution in [0.3, 0.4) is 0 Å². The van der Waals surface area contributed by atoms with Crippen LogP contribution in [-0.2, 0) is 11.2 Å². The Balaban J connectivity index is 1.40. The van der Waals surface area contributed by atoms with Crippen LogP contribution in [-0.4, -0.2) is 25.9 Å². The summed E-state index contributed by atoms with van der Waals surface area (Å²) in [6, 6.07) is 13.5. The Morgan fingerprint density at radius 1 is 1.16 bits per heavy atom. The number of fused-ring (bicyclic) bond motifs is 1. The van der Waals surface area contributed by atoms with E-state index in [0.717, 1.165) is 23.5 Å². The van der Waals surface area contributed by atoms with Crippen molar-refractivity contribution < 1.29 is 19.0 Å². The third-order valence-corrected chi connectivity index (χ3v) is 3.83. The number of aryl methyl sites for hydroxylation is 1. The molecular formula is C20H21NO4. The first kappa shape index (κ1) is 16.9. The van der Waals surface area contributed by atoms with Gasteiger partial charge in [-0.3, -0.25) is 4.79 Å². The highest BCUT2D eigenvalue weighted by molar-refractivity contribution is 5.91. The lowest BCUT2D eigenvalue weighted by atomic mass is 10.2. The normalized spacial score (nSPS) is 12.4. The molecule has 1 aliphatic rings. The summed E-state index contributed by atoms with van der Waals surface area (Å²) in [5.74, 6) is 2.07. The summed E-state index contributed by atoms with van der Waals surface area (Å²) in [7, 11) is 0. The minimum absolute atomic E-state index is 0.164. The van der Waals surface area contributed by atoms with E-state index >= 15 is 0 Å². The maximum atomic E-state index is 11.8. The number of carbonyl (C=O) groups is 1. The van der Waals surface area contributed by atoms with E-state index in [0.29, 0.717) is 18.9 Å². The zero-order chi connectivity index (χ0) is 17.5. The van der Waals surface area contributed by atoms with Crippen molar-refractivity contribution in [2.45, 2.75) is 13.3 Å². The SMILES string of the molecule is CCc1ccc(OCCNC(=O)/C=C/c2ccc3c(c2)OCO3)cc1. The Hall–Kier alpha value is -2.95. The van der Waals surface area contributed by atoms with Crippen molar-refractivity contribution in [3.8, 4) is 17.2 Å². The fraction of sp³-hybridized carbons (Fsp3) is 0.250. The number of hydrogen-bond acceptors (Lipinski definition) is 4. The average molecular weight is 339 g/mol. The van der Waals surface area contributed by atoms with Crippen LogP contribution in [0.5, 0.6) is 17.2 Å². The number of nitrogens with one attached hydrogen (secondary N) is 1. The molecule has 2 aromatic carbocycles. The molecule has 2 aromatic rings. The Kier molecular flexibility index (Phi) is 5.57. The summed E-state index contributed by atoms with van der Waals surface area (Å²) < 4.78 is 16.2. The quantitative estimate of drug-likeness (QED) is 0.622. The molecule has 5 heteroatoms. The summed E-state index contributed by atoms with van der Waals surface area (Å²) in [6.07, 6.45) is 4.24. The van der Waals surface area contributed by atoms with Crippen LogP contribution in [0.1, 0.15) is 18.1 Å². The Morgan fingerprint density at radius 2 is 1.96 bits per heavy atom. The fourth-order valence-electron chi connectivity index (χ4n) is 2.41.